The summed E-state index contributed by atoms with van der Waals surface area (Å²) in [4.78, 5) is 12.8. The van der Waals surface area contributed by atoms with Crippen molar-refractivity contribution < 1.29 is 0 Å². The number of hydrogen-bond donors (Lipinski definition) is 1. The van der Waals surface area contributed by atoms with Crippen LogP contribution in [0.3, 0.4) is 0 Å². The summed E-state index contributed by atoms with van der Waals surface area (Å²) in [5.41, 5.74) is 13.0. The van der Waals surface area contributed by atoms with Gasteiger partial charge in [0.2, 0.25) is 0 Å². The van der Waals surface area contributed by atoms with Gasteiger partial charge in [-0.15, -0.1) is 0 Å². The Bertz CT molecular complexity index is 1150. The Kier molecular flexibility index (Phi) is 3.88. The van der Waals surface area contributed by atoms with E-state index in [0.717, 1.165) is 33.4 Å². The van der Waals surface area contributed by atoms with E-state index >= 15 is 0 Å². The van der Waals surface area contributed by atoms with Crippen LogP contribution in [-0.4, -0.2) is 9.13 Å². The zero-order valence-corrected chi connectivity index (χ0v) is 14.9. The Balaban J connectivity index is 1.83. The molecule has 1 heterocycles. The smallest absolute Gasteiger partial charge is 0.329 e. The molecule has 4 aromatic rings. The Morgan fingerprint density at radius 1 is 0.923 bits per heavy atom. The molecule has 0 fully saturated rings. The second-order valence-electron chi connectivity index (χ2n) is 6.70. The van der Waals surface area contributed by atoms with Gasteiger partial charge >= 0.3 is 5.69 Å². The van der Waals surface area contributed by atoms with Crippen LogP contribution in [0.1, 0.15) is 11.1 Å². The highest BCUT2D eigenvalue weighted by Crippen LogP contribution is 2.28. The quantitative estimate of drug-likeness (QED) is 0.573. The van der Waals surface area contributed by atoms with Gasteiger partial charge in [0, 0.05) is 18.3 Å². The van der Waals surface area contributed by atoms with Gasteiger partial charge in [0.05, 0.1) is 17.6 Å². The third-order valence-corrected chi connectivity index (χ3v) is 4.88. The first-order valence-electron chi connectivity index (χ1n) is 8.64. The van der Waals surface area contributed by atoms with E-state index in [1.165, 1.54) is 5.56 Å². The summed E-state index contributed by atoms with van der Waals surface area (Å²) in [7, 11) is 1.81. The van der Waals surface area contributed by atoms with Gasteiger partial charge in [-0.1, -0.05) is 54.1 Å². The number of aromatic nitrogens is 2. The highest BCUT2D eigenvalue weighted by atomic mass is 16.1. The molecule has 0 atom stereocenters. The summed E-state index contributed by atoms with van der Waals surface area (Å²) in [6.07, 6.45) is 0. The van der Waals surface area contributed by atoms with E-state index in [1.807, 2.05) is 54.1 Å². The van der Waals surface area contributed by atoms with Gasteiger partial charge < -0.3 is 5.73 Å². The topological polar surface area (TPSA) is 53.0 Å². The number of nitrogens with two attached hydrogens (primary N) is 1. The van der Waals surface area contributed by atoms with E-state index in [0.29, 0.717) is 6.54 Å². The summed E-state index contributed by atoms with van der Waals surface area (Å²) in [5, 5.41) is 0. The van der Waals surface area contributed by atoms with E-state index < -0.39 is 0 Å². The molecule has 0 aliphatic carbocycles. The van der Waals surface area contributed by atoms with Crippen LogP contribution in [0.5, 0.6) is 0 Å². The summed E-state index contributed by atoms with van der Waals surface area (Å²) >= 11 is 0. The van der Waals surface area contributed by atoms with E-state index in [4.69, 9.17) is 5.73 Å². The average molecular weight is 343 g/mol. The normalized spacial score (nSPS) is 11.2. The molecule has 130 valence electrons. The van der Waals surface area contributed by atoms with E-state index in [-0.39, 0.29) is 5.69 Å². The predicted octanol–water partition coefficient (Wildman–Crippen LogP) is 3.95. The van der Waals surface area contributed by atoms with Crippen molar-refractivity contribution in [1.82, 2.24) is 9.13 Å². The van der Waals surface area contributed by atoms with Crippen molar-refractivity contribution in [2.24, 2.45) is 7.05 Å². The average Bonchev–Trinajstić information content (AvgIpc) is 2.88. The van der Waals surface area contributed by atoms with Crippen LogP contribution in [0, 0.1) is 6.92 Å². The molecule has 4 rings (SSSR count). The van der Waals surface area contributed by atoms with Crippen LogP contribution in [0.2, 0.25) is 0 Å². The number of aryl methyl sites for hydroxylation is 2. The minimum absolute atomic E-state index is 0.0150. The Hall–Kier alpha value is -3.27. The van der Waals surface area contributed by atoms with Crippen molar-refractivity contribution in [3.63, 3.8) is 0 Å². The minimum Gasteiger partial charge on any atom is -0.398 e. The molecular formula is C22H21N3O. The maximum Gasteiger partial charge on any atom is 0.329 e. The lowest BCUT2D eigenvalue weighted by Crippen LogP contribution is -2.22. The van der Waals surface area contributed by atoms with Crippen LogP contribution in [-0.2, 0) is 13.6 Å². The van der Waals surface area contributed by atoms with Crippen LogP contribution in [0.4, 0.5) is 5.69 Å². The predicted molar refractivity (Wildman–Crippen MR) is 107 cm³/mol. The number of fused-ring (bicyclic) bond motifs is 1. The van der Waals surface area contributed by atoms with Crippen LogP contribution >= 0.6 is 0 Å². The first-order valence-corrected chi connectivity index (χ1v) is 8.64. The molecule has 2 N–H and O–H groups in total. The lowest BCUT2D eigenvalue weighted by atomic mass is 10.0. The molecular weight excluding hydrogens is 322 g/mol. The number of benzene rings is 3. The first-order chi connectivity index (χ1) is 12.5. The third-order valence-electron chi connectivity index (χ3n) is 4.88. The number of hydrogen-bond acceptors (Lipinski definition) is 2. The molecule has 0 saturated carbocycles. The maximum absolute atomic E-state index is 12.8. The Morgan fingerprint density at radius 3 is 2.38 bits per heavy atom. The molecule has 0 aliphatic heterocycles. The zero-order valence-electron chi connectivity index (χ0n) is 14.9. The molecule has 0 saturated heterocycles. The van der Waals surface area contributed by atoms with Crippen molar-refractivity contribution >= 4 is 16.7 Å². The summed E-state index contributed by atoms with van der Waals surface area (Å²) in [5.74, 6) is 0. The molecule has 3 aromatic carbocycles. The molecule has 4 nitrogen and oxygen atoms in total. The van der Waals surface area contributed by atoms with Crippen molar-refractivity contribution in [1.29, 1.82) is 0 Å². The fraction of sp³-hybridized carbons (Fsp3) is 0.136. The van der Waals surface area contributed by atoms with Gasteiger partial charge in [0.25, 0.3) is 0 Å². The second-order valence-corrected chi connectivity index (χ2v) is 6.70. The highest BCUT2D eigenvalue weighted by Gasteiger charge is 2.13. The molecule has 0 amide bonds. The lowest BCUT2D eigenvalue weighted by Gasteiger charge is -2.07. The number of rotatable bonds is 3. The van der Waals surface area contributed by atoms with E-state index in [2.05, 4.69) is 31.2 Å². The summed E-state index contributed by atoms with van der Waals surface area (Å²) < 4.78 is 3.52. The molecule has 4 heteroatoms. The fourth-order valence-electron chi connectivity index (χ4n) is 3.36. The monoisotopic (exact) mass is 343 g/mol. The molecule has 0 bridgehead atoms. The maximum atomic E-state index is 12.8. The number of anilines is 1. The third kappa shape index (κ3) is 2.69. The molecule has 0 aliphatic rings. The van der Waals surface area contributed by atoms with Crippen molar-refractivity contribution in [3.8, 4) is 11.1 Å². The van der Waals surface area contributed by atoms with Gasteiger partial charge in [-0.3, -0.25) is 9.13 Å². The molecule has 0 radical (unpaired) electrons. The summed E-state index contributed by atoms with van der Waals surface area (Å²) in [6.45, 7) is 2.62. The number of nitrogen functional groups attached to an aromatic ring is 1. The lowest BCUT2D eigenvalue weighted by molar-refractivity contribution is 0.736. The van der Waals surface area contributed by atoms with Crippen molar-refractivity contribution in [2.45, 2.75) is 13.5 Å². The van der Waals surface area contributed by atoms with Crippen LogP contribution < -0.4 is 11.4 Å². The van der Waals surface area contributed by atoms with Crippen LogP contribution in [0.15, 0.2) is 71.5 Å². The highest BCUT2D eigenvalue weighted by molar-refractivity contribution is 5.86. The first kappa shape index (κ1) is 16.2. The number of nitrogens with zero attached hydrogens (tertiary/aromatic N) is 2. The molecule has 26 heavy (non-hydrogen) atoms. The molecule has 0 spiro atoms. The van der Waals surface area contributed by atoms with E-state index in [9.17, 15) is 4.79 Å². The SMILES string of the molecule is Cc1ccc(Cn2c(=O)n(C)c3cc(-c4ccccc4N)ccc32)cc1. The van der Waals surface area contributed by atoms with Crippen molar-refractivity contribution in [2.75, 3.05) is 5.73 Å². The van der Waals surface area contributed by atoms with Gasteiger partial charge in [0.15, 0.2) is 0 Å². The minimum atomic E-state index is -0.0150. The fourth-order valence-corrected chi connectivity index (χ4v) is 3.36. The Morgan fingerprint density at radius 2 is 1.65 bits per heavy atom. The van der Waals surface area contributed by atoms with Crippen molar-refractivity contribution in [3.05, 3.63) is 88.3 Å². The largest absolute Gasteiger partial charge is 0.398 e. The van der Waals surface area contributed by atoms with Gasteiger partial charge in [-0.05, 0) is 36.2 Å². The number of para-hydroxylation sites is 1. The second kappa shape index (κ2) is 6.23. The molecule has 1 aromatic heterocycles. The number of imidazole rings is 1. The zero-order chi connectivity index (χ0) is 18.3. The summed E-state index contributed by atoms with van der Waals surface area (Å²) in [6, 6.07) is 22.1. The molecule has 0 unspecified atom stereocenters. The van der Waals surface area contributed by atoms with Gasteiger partial charge in [-0.2, -0.15) is 0 Å². The Labute approximate surface area is 152 Å². The standard InChI is InChI=1S/C22H21N3O/c1-15-7-9-16(10-8-15)14-25-20-12-11-17(13-21(20)24(2)22(25)26)18-5-3-4-6-19(18)23/h3-13H,14,23H2,1-2H3. The van der Waals surface area contributed by atoms with Crippen LogP contribution in [0.25, 0.3) is 22.2 Å². The van der Waals surface area contributed by atoms with E-state index in [1.54, 1.807) is 4.57 Å². The van der Waals surface area contributed by atoms with Gasteiger partial charge in [0.1, 0.15) is 0 Å². The van der Waals surface area contributed by atoms with Gasteiger partial charge in [-0.25, -0.2) is 4.79 Å².